The van der Waals surface area contributed by atoms with Gasteiger partial charge in [0, 0.05) is 25.4 Å². The maximum atomic E-state index is 12.5. The van der Waals surface area contributed by atoms with Gasteiger partial charge in [0.1, 0.15) is 5.82 Å². The van der Waals surface area contributed by atoms with Crippen molar-refractivity contribution in [3.63, 3.8) is 0 Å². The lowest BCUT2D eigenvalue weighted by molar-refractivity contribution is -0.137. The van der Waals surface area contributed by atoms with Crippen molar-refractivity contribution < 1.29 is 18.3 Å². The molecule has 2 rings (SSSR count). The van der Waals surface area contributed by atoms with Crippen LogP contribution in [0.4, 0.5) is 19.0 Å². The molecular formula is C13H17F3N2O. The van der Waals surface area contributed by atoms with Gasteiger partial charge < -0.3 is 10.0 Å². The summed E-state index contributed by atoms with van der Waals surface area (Å²) >= 11 is 0. The number of anilines is 1. The van der Waals surface area contributed by atoms with E-state index in [1.807, 2.05) is 4.90 Å². The normalized spacial score (nSPS) is 20.0. The average molecular weight is 274 g/mol. The summed E-state index contributed by atoms with van der Waals surface area (Å²) in [7, 11) is 0. The zero-order valence-electron chi connectivity index (χ0n) is 10.5. The van der Waals surface area contributed by atoms with Crippen LogP contribution in [0.1, 0.15) is 31.2 Å². The molecule has 106 valence electrons. The van der Waals surface area contributed by atoms with Crippen LogP contribution in [0.15, 0.2) is 18.3 Å². The molecule has 19 heavy (non-hydrogen) atoms. The summed E-state index contributed by atoms with van der Waals surface area (Å²) in [5, 5.41) is 8.85. The molecule has 1 aliphatic rings. The van der Waals surface area contributed by atoms with Gasteiger partial charge >= 0.3 is 6.18 Å². The summed E-state index contributed by atoms with van der Waals surface area (Å²) in [6.07, 6.45) is 0.117. The predicted molar refractivity (Wildman–Crippen MR) is 65.9 cm³/mol. The quantitative estimate of drug-likeness (QED) is 0.917. The van der Waals surface area contributed by atoms with Crippen molar-refractivity contribution in [2.45, 2.75) is 37.9 Å². The van der Waals surface area contributed by atoms with Gasteiger partial charge in [0.2, 0.25) is 0 Å². The van der Waals surface area contributed by atoms with Crippen LogP contribution in [0.3, 0.4) is 0 Å². The summed E-state index contributed by atoms with van der Waals surface area (Å²) in [5.41, 5.74) is -0.720. The van der Waals surface area contributed by atoms with Gasteiger partial charge in [-0.15, -0.1) is 0 Å². The highest BCUT2D eigenvalue weighted by Crippen LogP contribution is 2.31. The summed E-state index contributed by atoms with van der Waals surface area (Å²) in [6.45, 7) is 0.958. The molecule has 1 N–H and O–H groups in total. The van der Waals surface area contributed by atoms with E-state index in [9.17, 15) is 13.2 Å². The number of aromatic nitrogens is 1. The topological polar surface area (TPSA) is 36.4 Å². The molecule has 1 atom stereocenters. The Bertz CT molecular complexity index is 405. The van der Waals surface area contributed by atoms with Crippen molar-refractivity contribution in [1.82, 2.24) is 4.98 Å². The lowest BCUT2D eigenvalue weighted by Gasteiger charge is -2.25. The highest BCUT2D eigenvalue weighted by Gasteiger charge is 2.31. The van der Waals surface area contributed by atoms with Crippen LogP contribution in [0.25, 0.3) is 0 Å². The van der Waals surface area contributed by atoms with Crippen LogP contribution in [0.5, 0.6) is 0 Å². The number of hydrogen-bond donors (Lipinski definition) is 1. The predicted octanol–water partition coefficient (Wildman–Crippen LogP) is 2.84. The van der Waals surface area contributed by atoms with E-state index in [0.717, 1.165) is 38.1 Å². The molecule has 0 aliphatic carbocycles. The molecule has 0 aromatic carbocycles. The smallest absolute Gasteiger partial charge is 0.396 e. The number of halogens is 3. The Morgan fingerprint density at radius 2 is 2.16 bits per heavy atom. The molecule has 1 unspecified atom stereocenters. The summed E-state index contributed by atoms with van der Waals surface area (Å²) in [6, 6.07) is 2.78. The molecule has 0 amide bonds. The molecule has 3 nitrogen and oxygen atoms in total. The Balaban J connectivity index is 2.08. The maximum Gasteiger partial charge on any atom is 0.417 e. The van der Waals surface area contributed by atoms with E-state index in [0.29, 0.717) is 12.2 Å². The molecule has 1 aromatic rings. The van der Waals surface area contributed by atoms with E-state index in [1.54, 1.807) is 0 Å². The highest BCUT2D eigenvalue weighted by molar-refractivity contribution is 5.42. The second-order valence-corrected chi connectivity index (χ2v) is 4.76. The second-order valence-electron chi connectivity index (χ2n) is 4.76. The summed E-state index contributed by atoms with van der Waals surface area (Å²) in [5.74, 6) is 0.591. The van der Waals surface area contributed by atoms with E-state index in [-0.39, 0.29) is 12.6 Å². The maximum absolute atomic E-state index is 12.5. The fourth-order valence-electron chi connectivity index (χ4n) is 2.49. The third-order valence-electron chi connectivity index (χ3n) is 3.44. The van der Waals surface area contributed by atoms with Gasteiger partial charge in [0.25, 0.3) is 0 Å². The average Bonchev–Trinajstić information content (AvgIpc) is 2.83. The third kappa shape index (κ3) is 3.37. The summed E-state index contributed by atoms with van der Waals surface area (Å²) < 4.78 is 37.4. The molecule has 2 heterocycles. The number of rotatable bonds is 4. The second kappa shape index (κ2) is 5.77. The van der Waals surface area contributed by atoms with Gasteiger partial charge in [-0.2, -0.15) is 13.2 Å². The Labute approximate surface area is 110 Å². The van der Waals surface area contributed by atoms with Crippen molar-refractivity contribution in [1.29, 1.82) is 0 Å². The summed E-state index contributed by atoms with van der Waals surface area (Å²) in [4.78, 5) is 5.97. The first-order chi connectivity index (χ1) is 9.02. The number of aliphatic hydroxyl groups is 1. The molecule has 1 aromatic heterocycles. The van der Waals surface area contributed by atoms with E-state index >= 15 is 0 Å². The lowest BCUT2D eigenvalue weighted by Crippen LogP contribution is -2.30. The first-order valence-corrected chi connectivity index (χ1v) is 6.43. The number of hydrogen-bond acceptors (Lipinski definition) is 3. The SMILES string of the molecule is OCCCC1CCCN1c1ccc(C(F)(F)F)cn1. The zero-order chi connectivity index (χ0) is 13.9. The van der Waals surface area contributed by atoms with E-state index < -0.39 is 11.7 Å². The zero-order valence-corrected chi connectivity index (χ0v) is 10.5. The molecule has 1 fully saturated rings. The van der Waals surface area contributed by atoms with Crippen molar-refractivity contribution >= 4 is 5.82 Å². The highest BCUT2D eigenvalue weighted by atomic mass is 19.4. The number of aliphatic hydroxyl groups excluding tert-OH is 1. The Morgan fingerprint density at radius 3 is 2.74 bits per heavy atom. The molecule has 1 saturated heterocycles. The first kappa shape index (κ1) is 14.1. The van der Waals surface area contributed by atoms with Crippen molar-refractivity contribution in [2.24, 2.45) is 0 Å². The monoisotopic (exact) mass is 274 g/mol. The van der Waals surface area contributed by atoms with Gasteiger partial charge in [0.05, 0.1) is 5.56 Å². The molecule has 0 spiro atoms. The fourth-order valence-corrected chi connectivity index (χ4v) is 2.49. The third-order valence-corrected chi connectivity index (χ3v) is 3.44. The van der Waals surface area contributed by atoms with E-state index in [2.05, 4.69) is 4.98 Å². The van der Waals surface area contributed by atoms with Gasteiger partial charge in [0.15, 0.2) is 0 Å². The van der Waals surface area contributed by atoms with Crippen LogP contribution in [0.2, 0.25) is 0 Å². The van der Waals surface area contributed by atoms with Gasteiger partial charge in [-0.25, -0.2) is 4.98 Å². The van der Waals surface area contributed by atoms with Crippen molar-refractivity contribution in [3.8, 4) is 0 Å². The van der Waals surface area contributed by atoms with Crippen LogP contribution in [0, 0.1) is 0 Å². The number of nitrogens with zero attached hydrogens (tertiary/aromatic N) is 2. The van der Waals surface area contributed by atoms with Crippen LogP contribution < -0.4 is 4.90 Å². The first-order valence-electron chi connectivity index (χ1n) is 6.43. The van der Waals surface area contributed by atoms with Crippen LogP contribution >= 0.6 is 0 Å². The minimum absolute atomic E-state index is 0.144. The molecule has 6 heteroatoms. The van der Waals surface area contributed by atoms with Gasteiger partial charge in [-0.05, 0) is 37.8 Å². The van der Waals surface area contributed by atoms with Crippen LogP contribution in [-0.4, -0.2) is 29.3 Å². The van der Waals surface area contributed by atoms with E-state index in [4.69, 9.17) is 5.11 Å². The lowest BCUT2D eigenvalue weighted by atomic mass is 10.1. The largest absolute Gasteiger partial charge is 0.417 e. The number of alkyl halides is 3. The Hall–Kier alpha value is -1.30. The van der Waals surface area contributed by atoms with Crippen molar-refractivity contribution in [2.75, 3.05) is 18.1 Å². The molecule has 0 radical (unpaired) electrons. The molecule has 1 aliphatic heterocycles. The van der Waals surface area contributed by atoms with Gasteiger partial charge in [-0.1, -0.05) is 0 Å². The molecular weight excluding hydrogens is 257 g/mol. The molecule has 0 bridgehead atoms. The standard InChI is InChI=1S/C13H17F3N2O/c14-13(15,16)10-5-6-12(17-9-10)18-7-1-3-11(18)4-2-8-19/h5-6,9,11,19H,1-4,7-8H2. The Kier molecular flexibility index (Phi) is 4.29. The fraction of sp³-hybridized carbons (Fsp3) is 0.615. The minimum Gasteiger partial charge on any atom is -0.396 e. The van der Waals surface area contributed by atoms with Gasteiger partial charge in [-0.3, -0.25) is 0 Å². The van der Waals surface area contributed by atoms with E-state index in [1.165, 1.54) is 6.07 Å². The minimum atomic E-state index is -4.34. The van der Waals surface area contributed by atoms with Crippen LogP contribution in [-0.2, 0) is 6.18 Å². The Morgan fingerprint density at radius 1 is 1.37 bits per heavy atom. The van der Waals surface area contributed by atoms with Crippen molar-refractivity contribution in [3.05, 3.63) is 23.9 Å². The molecule has 0 saturated carbocycles. The number of pyridine rings is 1.